The number of anilines is 6. The number of fused-ring (bicyclic) bond motifs is 6. The Balaban J connectivity index is 0.000000207. The third-order valence-electron chi connectivity index (χ3n) is 17.4. The van der Waals surface area contributed by atoms with E-state index in [2.05, 4.69) is 89.7 Å². The molecule has 6 amide bonds. The highest BCUT2D eigenvalue weighted by Gasteiger charge is 2.25. The Morgan fingerprint density at radius 3 is 0.460 bits per heavy atom. The molecule has 672 valence electrons. The topological polar surface area (TPSA) is 798 Å². The van der Waals surface area contributed by atoms with Gasteiger partial charge in [-0.15, -0.1) is 0 Å². The van der Waals surface area contributed by atoms with Gasteiger partial charge >= 0.3 is 0 Å². The molecular formula is C72H102N42O12. The minimum Gasteiger partial charge on any atom is -0.382 e. The van der Waals surface area contributed by atoms with Crippen LogP contribution in [0.3, 0.4) is 0 Å². The second-order valence-corrected chi connectivity index (χ2v) is 27.7. The molecule has 0 aliphatic heterocycles. The molecule has 24 N–H and O–H groups in total. The summed E-state index contributed by atoms with van der Waals surface area (Å²) in [5.74, 6) is -0.418. The molecule has 0 aliphatic carbocycles. The molecule has 0 aromatic carbocycles. The third-order valence-corrected chi connectivity index (χ3v) is 17.4. The summed E-state index contributed by atoms with van der Waals surface area (Å²) in [6.07, 6.45) is 16.7. The lowest BCUT2D eigenvalue weighted by Crippen LogP contribution is -2.40. The van der Waals surface area contributed by atoms with Gasteiger partial charge in [0.25, 0.3) is 0 Å². The summed E-state index contributed by atoms with van der Waals surface area (Å²) in [6.45, 7) is 12.6. The number of carbonyl (C=O) groups excluding carboxylic acids is 12. The Kier molecular flexibility index (Phi) is 37.1. The quantitative estimate of drug-likeness (QED) is 0.0174. The molecule has 12 rings (SSSR count). The zero-order valence-corrected chi connectivity index (χ0v) is 70.1. The van der Waals surface area contributed by atoms with Gasteiger partial charge in [0, 0.05) is 78.5 Å². The second-order valence-electron chi connectivity index (χ2n) is 27.7. The lowest BCUT2D eigenvalue weighted by molar-refractivity contribution is -0.135. The highest BCUT2D eigenvalue weighted by atomic mass is 16.2. The van der Waals surface area contributed by atoms with Gasteiger partial charge in [-0.05, 0) is 41.5 Å². The molecular weight excluding hydrogens is 1650 g/mol. The van der Waals surface area contributed by atoms with Gasteiger partial charge in [-0.25, -0.2) is 89.7 Å². The summed E-state index contributed by atoms with van der Waals surface area (Å²) in [5.41, 5.74) is 72.5. The van der Waals surface area contributed by atoms with Crippen LogP contribution in [0.1, 0.15) is 41.5 Å². The number of carbonyl (C=O) groups is 12. The van der Waals surface area contributed by atoms with E-state index in [1.165, 1.54) is 147 Å². The molecule has 54 nitrogen and oxygen atoms in total. The zero-order chi connectivity index (χ0) is 92.4. The van der Waals surface area contributed by atoms with Gasteiger partial charge < -0.3 is 126 Å². The van der Waals surface area contributed by atoms with Crippen LogP contribution in [0.5, 0.6) is 0 Å². The third kappa shape index (κ3) is 27.9. The van der Waals surface area contributed by atoms with Gasteiger partial charge in [-0.2, -0.15) is 0 Å². The van der Waals surface area contributed by atoms with E-state index in [0.717, 1.165) is 0 Å². The van der Waals surface area contributed by atoms with Crippen LogP contribution in [0.2, 0.25) is 0 Å². The normalized spacial score (nSPS) is 10.8. The highest BCUT2D eigenvalue weighted by Crippen LogP contribution is 2.21. The summed E-state index contributed by atoms with van der Waals surface area (Å²) < 4.78 is 9.41. The van der Waals surface area contributed by atoms with E-state index < -0.39 is 0 Å². The van der Waals surface area contributed by atoms with E-state index in [4.69, 9.17) is 68.8 Å². The Morgan fingerprint density at radius 1 is 0.222 bits per heavy atom. The average Bonchev–Trinajstić information content (AvgIpc) is 1.70. The molecule has 0 aliphatic rings. The second kappa shape index (κ2) is 47.8. The largest absolute Gasteiger partial charge is 0.382 e. The molecule has 0 saturated carbocycles. The van der Waals surface area contributed by atoms with Crippen LogP contribution < -0.4 is 68.8 Å². The molecule has 12 heterocycles. The Morgan fingerprint density at radius 2 is 0.349 bits per heavy atom. The fourth-order valence-electron chi connectivity index (χ4n) is 11.9. The van der Waals surface area contributed by atoms with Crippen molar-refractivity contribution in [1.29, 1.82) is 0 Å². The van der Waals surface area contributed by atoms with Gasteiger partial charge in [0.05, 0.1) is 77.2 Å². The van der Waals surface area contributed by atoms with Crippen molar-refractivity contribution in [2.75, 3.05) is 152 Å². The van der Waals surface area contributed by atoms with E-state index in [9.17, 15) is 57.5 Å². The van der Waals surface area contributed by atoms with E-state index >= 15 is 0 Å². The number of amides is 6. The molecule has 54 heteroatoms. The van der Waals surface area contributed by atoms with Crippen LogP contribution in [-0.4, -0.2) is 334 Å². The standard InChI is InChI=1S/6C12H17N7O2/c6*1-8(20)4-18(3-2-13)9(21)5-19-7-17-10-11(14)15-6-16-12(10)19/h6*6-7H,2-5,13H2,1H3,(H2,14,15,16). The summed E-state index contributed by atoms with van der Waals surface area (Å²) in [7, 11) is 0. The van der Waals surface area contributed by atoms with Crippen LogP contribution in [0.4, 0.5) is 34.9 Å². The zero-order valence-electron chi connectivity index (χ0n) is 70.1. The van der Waals surface area contributed by atoms with Gasteiger partial charge in [-0.1, -0.05) is 0 Å². The SMILES string of the molecule is CC(=O)CN(CCN)C(=O)Cn1cnc2c(N)ncnc21.CC(=O)CN(CCN)C(=O)Cn1cnc2c(N)ncnc21.CC(=O)CN(CCN)C(=O)Cn1cnc2c(N)ncnc21.CC(=O)CN(CCN)C(=O)Cn1cnc2c(N)ncnc21.CC(=O)CN(CCN)C(=O)Cn1cnc2c(N)ncnc21.CC(=O)CN(CCN)C(=O)Cn1cnc2c(N)ncnc21. The maximum absolute atomic E-state index is 12.3. The minimum absolute atomic E-state index is 0.0141. The maximum atomic E-state index is 12.3. The van der Waals surface area contributed by atoms with Crippen LogP contribution >= 0.6 is 0 Å². The van der Waals surface area contributed by atoms with Gasteiger partial charge in [-0.3, -0.25) is 57.5 Å². The predicted molar refractivity (Wildman–Crippen MR) is 456 cm³/mol. The molecule has 0 atom stereocenters. The number of nitrogen functional groups attached to an aromatic ring is 6. The first-order valence-electron chi connectivity index (χ1n) is 38.5. The number of nitrogens with zero attached hydrogens (tertiary/aromatic N) is 30. The van der Waals surface area contributed by atoms with Gasteiger partial charge in [0.1, 0.15) is 145 Å². The van der Waals surface area contributed by atoms with Gasteiger partial charge in [0.2, 0.25) is 35.4 Å². The monoisotopic (exact) mass is 1750 g/mol. The van der Waals surface area contributed by atoms with Crippen LogP contribution in [0, 0.1) is 0 Å². The lowest BCUT2D eigenvalue weighted by atomic mass is 10.3. The van der Waals surface area contributed by atoms with Gasteiger partial charge in [0.15, 0.2) is 68.8 Å². The first-order chi connectivity index (χ1) is 60.1. The number of hydrogen-bond acceptors (Lipinski definition) is 42. The first kappa shape index (κ1) is 97.8. The van der Waals surface area contributed by atoms with Crippen molar-refractivity contribution < 1.29 is 57.5 Å². The van der Waals surface area contributed by atoms with Crippen molar-refractivity contribution in [2.45, 2.75) is 80.8 Å². The molecule has 126 heavy (non-hydrogen) atoms. The van der Waals surface area contributed by atoms with E-state index in [1.807, 2.05) is 0 Å². The average molecular weight is 1750 g/mol. The number of ketones is 6. The molecule has 0 unspecified atom stereocenters. The predicted octanol–water partition coefficient (Wildman–Crippen LogP) is -7.29. The van der Waals surface area contributed by atoms with Crippen molar-refractivity contribution in [1.82, 2.24) is 147 Å². The number of rotatable bonds is 36. The van der Waals surface area contributed by atoms with Crippen molar-refractivity contribution >= 4 is 172 Å². The van der Waals surface area contributed by atoms with Crippen LogP contribution in [-0.2, 0) is 96.8 Å². The number of hydrogen-bond donors (Lipinski definition) is 12. The smallest absolute Gasteiger partial charge is 0.243 e. The summed E-state index contributed by atoms with van der Waals surface area (Å²) in [4.78, 5) is 221. The maximum Gasteiger partial charge on any atom is 0.243 e. The molecule has 12 aromatic rings. The van der Waals surface area contributed by atoms with Crippen molar-refractivity contribution in [2.24, 2.45) is 34.4 Å². The van der Waals surface area contributed by atoms with Crippen molar-refractivity contribution in [3.63, 3.8) is 0 Å². The number of imidazole rings is 6. The van der Waals surface area contributed by atoms with E-state index in [1.54, 1.807) is 27.4 Å². The van der Waals surface area contributed by atoms with Crippen molar-refractivity contribution in [3.05, 3.63) is 75.9 Å². The van der Waals surface area contributed by atoms with Crippen LogP contribution in [0.15, 0.2) is 75.9 Å². The number of nitrogens with two attached hydrogens (primary N) is 12. The molecule has 0 spiro atoms. The molecule has 0 fully saturated rings. The first-order valence-corrected chi connectivity index (χ1v) is 38.5. The number of Topliss-reactive ketones (excluding diaryl/α,β-unsaturated/α-hetero) is 6. The lowest BCUT2D eigenvalue weighted by Gasteiger charge is -2.20. The summed E-state index contributed by atoms with van der Waals surface area (Å²) >= 11 is 0. The van der Waals surface area contributed by atoms with E-state index in [0.29, 0.717) is 146 Å². The fourth-order valence-corrected chi connectivity index (χ4v) is 11.9. The summed E-state index contributed by atoms with van der Waals surface area (Å²) in [6, 6.07) is 0. The fraction of sp³-hybridized carbons (Fsp3) is 0.417. The van der Waals surface area contributed by atoms with Crippen molar-refractivity contribution in [3.8, 4) is 0 Å². The molecule has 0 saturated heterocycles. The highest BCUT2D eigenvalue weighted by molar-refractivity contribution is 5.92. The van der Waals surface area contributed by atoms with Crippen LogP contribution in [0.25, 0.3) is 67.0 Å². The minimum atomic E-state index is -0.230. The Hall–Kier alpha value is -15.3. The number of aromatic nitrogens is 24. The van der Waals surface area contributed by atoms with E-state index in [-0.39, 0.29) is 184 Å². The molecule has 0 radical (unpaired) electrons. The Bertz CT molecular complexity index is 4900. The summed E-state index contributed by atoms with van der Waals surface area (Å²) in [5, 5.41) is 0. The molecule has 0 bridgehead atoms. The Labute approximate surface area is 716 Å². The molecule has 12 aromatic heterocycles.